The first-order valence-corrected chi connectivity index (χ1v) is 11.9. The SMILES string of the molecule is CCN(CC)[C@H]1C(=O)C(C(N)=O)=C(O)[C@@]2(O)C(=O)c3c(cc4c(C5CC5)ccc(O)c4c3O)C[C@@H]12. The van der Waals surface area contributed by atoms with Gasteiger partial charge in [0.1, 0.15) is 22.8 Å². The van der Waals surface area contributed by atoms with Gasteiger partial charge in [-0.2, -0.15) is 0 Å². The Kier molecular flexibility index (Phi) is 5.19. The highest BCUT2D eigenvalue weighted by atomic mass is 16.3. The van der Waals surface area contributed by atoms with Crippen molar-refractivity contribution >= 4 is 28.2 Å². The Morgan fingerprint density at radius 1 is 1.14 bits per heavy atom. The van der Waals surface area contributed by atoms with Crippen LogP contribution in [0.4, 0.5) is 0 Å². The van der Waals surface area contributed by atoms with Crippen LogP contribution in [0.15, 0.2) is 29.5 Å². The van der Waals surface area contributed by atoms with Crippen molar-refractivity contribution in [1.82, 2.24) is 4.90 Å². The van der Waals surface area contributed by atoms with Crippen LogP contribution in [0.5, 0.6) is 11.5 Å². The highest BCUT2D eigenvalue weighted by molar-refractivity contribution is 6.25. The molecule has 1 fully saturated rings. The molecule has 6 N–H and O–H groups in total. The van der Waals surface area contributed by atoms with Crippen molar-refractivity contribution in [3.8, 4) is 11.5 Å². The van der Waals surface area contributed by atoms with Crippen molar-refractivity contribution in [1.29, 1.82) is 0 Å². The third-order valence-corrected chi connectivity index (χ3v) is 7.88. The fourth-order valence-electron chi connectivity index (χ4n) is 6.00. The number of aliphatic hydroxyl groups excluding tert-OH is 1. The number of hydrogen-bond acceptors (Lipinski definition) is 8. The molecule has 1 saturated carbocycles. The number of hydrogen-bond donors (Lipinski definition) is 5. The van der Waals surface area contributed by atoms with E-state index >= 15 is 0 Å². The van der Waals surface area contributed by atoms with Crippen LogP contribution in [0.1, 0.15) is 54.1 Å². The third-order valence-electron chi connectivity index (χ3n) is 7.88. The number of phenolic OH excluding ortho intramolecular Hbond substituents is 2. The molecule has 2 aromatic rings. The van der Waals surface area contributed by atoms with E-state index in [4.69, 9.17) is 5.73 Å². The Balaban J connectivity index is 1.81. The normalized spacial score (nSPS) is 26.3. The molecule has 0 saturated heterocycles. The largest absolute Gasteiger partial charge is 0.508 e. The molecule has 2 aromatic carbocycles. The number of amides is 1. The molecule has 3 atom stereocenters. The van der Waals surface area contributed by atoms with E-state index in [9.17, 15) is 34.8 Å². The zero-order valence-electron chi connectivity index (χ0n) is 19.5. The number of Topliss-reactive ketones (excluding diaryl/α,β-unsaturated/α-hetero) is 2. The third kappa shape index (κ3) is 3.04. The molecule has 3 aliphatic rings. The summed E-state index contributed by atoms with van der Waals surface area (Å²) in [6, 6.07) is 3.91. The summed E-state index contributed by atoms with van der Waals surface area (Å²) in [5.41, 5.74) is 3.04. The van der Waals surface area contributed by atoms with Crippen LogP contribution in [-0.2, 0) is 16.0 Å². The minimum absolute atomic E-state index is 0.0240. The molecule has 0 spiro atoms. The molecule has 35 heavy (non-hydrogen) atoms. The van der Waals surface area contributed by atoms with Gasteiger partial charge in [0.05, 0.1) is 17.0 Å². The van der Waals surface area contributed by atoms with Crippen LogP contribution >= 0.6 is 0 Å². The number of benzene rings is 2. The Labute approximate surface area is 201 Å². The van der Waals surface area contributed by atoms with E-state index in [0.717, 1.165) is 18.4 Å². The van der Waals surface area contributed by atoms with Crippen molar-refractivity contribution in [3.05, 3.63) is 46.2 Å². The van der Waals surface area contributed by atoms with E-state index in [-0.39, 0.29) is 29.0 Å². The van der Waals surface area contributed by atoms with Gasteiger partial charge in [0, 0.05) is 5.92 Å². The number of fused-ring (bicyclic) bond motifs is 3. The minimum atomic E-state index is -2.65. The number of carbonyl (C=O) groups excluding carboxylic acids is 3. The van der Waals surface area contributed by atoms with E-state index < -0.39 is 52.1 Å². The Morgan fingerprint density at radius 2 is 1.80 bits per heavy atom. The lowest BCUT2D eigenvalue weighted by Crippen LogP contribution is -2.65. The molecule has 0 bridgehead atoms. The molecule has 0 aliphatic heterocycles. The zero-order chi connectivity index (χ0) is 25.4. The highest BCUT2D eigenvalue weighted by Crippen LogP contribution is 2.52. The standard InChI is InChI=1S/C26H28N2O7/c1-3-28(4-2)20-15-10-12-9-14-13(11-5-6-11)7-8-16(29)18(14)21(30)17(12)23(32)26(15,35)24(33)19(22(20)31)25(27)34/h7-9,11,15,20,29-30,33,35H,3-6,10H2,1-2H3,(H2,27,34)/t15-,20+,26-/m0/s1. The smallest absolute Gasteiger partial charge is 0.255 e. The van der Waals surface area contributed by atoms with Crippen molar-refractivity contribution < 1.29 is 34.8 Å². The summed E-state index contributed by atoms with van der Waals surface area (Å²) in [4.78, 5) is 41.1. The maximum absolute atomic E-state index is 13.8. The number of nitrogens with zero attached hydrogens (tertiary/aromatic N) is 1. The average molecular weight is 481 g/mol. The van der Waals surface area contributed by atoms with E-state index in [1.165, 1.54) is 6.07 Å². The maximum atomic E-state index is 13.8. The minimum Gasteiger partial charge on any atom is -0.508 e. The molecule has 0 unspecified atom stereocenters. The molecule has 5 rings (SSSR count). The van der Waals surface area contributed by atoms with Crippen LogP contribution in [0.25, 0.3) is 10.8 Å². The lowest BCUT2D eigenvalue weighted by atomic mass is 9.61. The van der Waals surface area contributed by atoms with Gasteiger partial charge in [-0.05, 0) is 66.9 Å². The first-order chi connectivity index (χ1) is 16.6. The molecular weight excluding hydrogens is 452 g/mol. The quantitative estimate of drug-likeness (QED) is 0.405. The lowest BCUT2D eigenvalue weighted by molar-refractivity contribution is -0.133. The molecule has 3 aliphatic carbocycles. The fraction of sp³-hybridized carbons (Fsp3) is 0.423. The van der Waals surface area contributed by atoms with Crippen molar-refractivity contribution in [2.75, 3.05) is 13.1 Å². The average Bonchev–Trinajstić information content (AvgIpc) is 3.64. The number of ketones is 2. The number of aromatic hydroxyl groups is 2. The van der Waals surface area contributed by atoms with Gasteiger partial charge >= 0.3 is 0 Å². The molecular formula is C26H28N2O7. The van der Waals surface area contributed by atoms with Crippen molar-refractivity contribution in [2.24, 2.45) is 11.7 Å². The number of aliphatic hydroxyl groups is 2. The van der Waals surface area contributed by atoms with Crippen LogP contribution in [0.2, 0.25) is 0 Å². The molecule has 9 nitrogen and oxygen atoms in total. The second-order valence-corrected chi connectivity index (χ2v) is 9.65. The maximum Gasteiger partial charge on any atom is 0.255 e. The van der Waals surface area contributed by atoms with E-state index in [0.29, 0.717) is 24.0 Å². The van der Waals surface area contributed by atoms with Gasteiger partial charge in [-0.3, -0.25) is 19.3 Å². The number of primary amides is 1. The molecule has 1 amide bonds. The van der Waals surface area contributed by atoms with Crippen LogP contribution in [-0.4, -0.2) is 67.5 Å². The van der Waals surface area contributed by atoms with E-state index in [2.05, 4.69) is 0 Å². The molecule has 0 aromatic heterocycles. The summed E-state index contributed by atoms with van der Waals surface area (Å²) in [6.07, 6.45) is 1.93. The molecule has 9 heteroatoms. The predicted octanol–water partition coefficient (Wildman–Crippen LogP) is 1.80. The van der Waals surface area contributed by atoms with Gasteiger partial charge < -0.3 is 26.2 Å². The summed E-state index contributed by atoms with van der Waals surface area (Å²) in [7, 11) is 0. The fourth-order valence-corrected chi connectivity index (χ4v) is 6.00. The number of likely N-dealkylation sites (N-methyl/N-ethyl adjacent to an activating group) is 1. The van der Waals surface area contributed by atoms with Gasteiger partial charge in [0.25, 0.3) is 5.91 Å². The summed E-state index contributed by atoms with van der Waals surface area (Å²) in [5, 5.41) is 45.1. The summed E-state index contributed by atoms with van der Waals surface area (Å²) < 4.78 is 0. The first kappa shape index (κ1) is 23.3. The Morgan fingerprint density at radius 3 is 2.37 bits per heavy atom. The van der Waals surface area contributed by atoms with Gasteiger partial charge in [-0.1, -0.05) is 19.9 Å². The van der Waals surface area contributed by atoms with Crippen LogP contribution in [0.3, 0.4) is 0 Å². The van der Waals surface area contributed by atoms with Gasteiger partial charge in [-0.15, -0.1) is 0 Å². The monoisotopic (exact) mass is 480 g/mol. The Hall–Kier alpha value is -3.43. The number of nitrogens with two attached hydrogens (primary N) is 1. The van der Waals surface area contributed by atoms with Crippen molar-refractivity contribution in [2.45, 2.75) is 50.7 Å². The summed E-state index contributed by atoms with van der Waals surface area (Å²) in [5.74, 6) is -5.67. The second kappa shape index (κ2) is 7.79. The second-order valence-electron chi connectivity index (χ2n) is 9.65. The summed E-state index contributed by atoms with van der Waals surface area (Å²) >= 11 is 0. The van der Waals surface area contributed by atoms with Crippen LogP contribution < -0.4 is 5.73 Å². The topological polar surface area (TPSA) is 161 Å². The van der Waals surface area contributed by atoms with E-state index in [1.54, 1.807) is 30.9 Å². The molecule has 0 heterocycles. The van der Waals surface area contributed by atoms with Gasteiger partial charge in [0.2, 0.25) is 5.78 Å². The number of phenols is 2. The van der Waals surface area contributed by atoms with Gasteiger partial charge in [-0.25, -0.2) is 0 Å². The van der Waals surface area contributed by atoms with Crippen molar-refractivity contribution in [3.63, 3.8) is 0 Å². The highest BCUT2D eigenvalue weighted by Gasteiger charge is 2.62. The number of rotatable bonds is 5. The molecule has 184 valence electrons. The zero-order valence-corrected chi connectivity index (χ0v) is 19.5. The van der Waals surface area contributed by atoms with Crippen LogP contribution in [0, 0.1) is 5.92 Å². The molecule has 0 radical (unpaired) electrons. The van der Waals surface area contributed by atoms with E-state index in [1.807, 2.05) is 0 Å². The van der Waals surface area contributed by atoms with Gasteiger partial charge in [0.15, 0.2) is 11.4 Å². The predicted molar refractivity (Wildman–Crippen MR) is 126 cm³/mol. The Bertz CT molecular complexity index is 1340. The first-order valence-electron chi connectivity index (χ1n) is 11.9. The number of carbonyl (C=O) groups is 3. The summed E-state index contributed by atoms with van der Waals surface area (Å²) in [6.45, 7) is 4.38. The lowest BCUT2D eigenvalue weighted by Gasteiger charge is -2.48.